The maximum absolute atomic E-state index is 13.4. The molecule has 6 nitrogen and oxygen atoms in total. The van der Waals surface area contributed by atoms with Crippen molar-refractivity contribution in [1.82, 2.24) is 19.7 Å². The molecule has 3 heterocycles. The Bertz CT molecular complexity index is 1160. The first-order valence-electron chi connectivity index (χ1n) is 9.02. The van der Waals surface area contributed by atoms with Crippen molar-refractivity contribution in [3.8, 4) is 0 Å². The molecule has 0 atom stereocenters. The molecule has 0 saturated carbocycles. The Morgan fingerprint density at radius 2 is 2.00 bits per heavy atom. The van der Waals surface area contributed by atoms with Crippen molar-refractivity contribution in [3.05, 3.63) is 70.8 Å². The number of carbonyl (C=O) groups is 1. The van der Waals surface area contributed by atoms with Crippen LogP contribution in [0.1, 0.15) is 32.7 Å². The fourth-order valence-corrected chi connectivity index (χ4v) is 4.20. The molecule has 0 fully saturated rings. The number of amides is 1. The Hall–Kier alpha value is -3.06. The number of fused-ring (bicyclic) bond motifs is 1. The number of aryl methyl sites for hydroxylation is 4. The maximum Gasteiger partial charge on any atom is 0.281 e. The zero-order valence-corrected chi connectivity index (χ0v) is 17.1. The van der Waals surface area contributed by atoms with Gasteiger partial charge in [0.1, 0.15) is 0 Å². The highest BCUT2D eigenvalue weighted by Crippen LogP contribution is 2.33. The average molecular weight is 392 g/mol. The summed E-state index contributed by atoms with van der Waals surface area (Å²) in [5.74, 6) is -0.157. The minimum atomic E-state index is -0.157. The highest BCUT2D eigenvalue weighted by Gasteiger charge is 2.25. The van der Waals surface area contributed by atoms with Crippen LogP contribution in [-0.4, -0.2) is 25.7 Å². The average Bonchev–Trinajstić information content (AvgIpc) is 3.26. The van der Waals surface area contributed by atoms with Gasteiger partial charge in [-0.2, -0.15) is 5.10 Å². The second kappa shape index (κ2) is 7.16. The van der Waals surface area contributed by atoms with Crippen molar-refractivity contribution >= 4 is 32.6 Å². The lowest BCUT2D eigenvalue weighted by Gasteiger charge is -2.19. The van der Waals surface area contributed by atoms with Crippen molar-refractivity contribution in [2.45, 2.75) is 27.3 Å². The topological polar surface area (TPSA) is 63.9 Å². The fourth-order valence-electron chi connectivity index (χ4n) is 3.18. The zero-order chi connectivity index (χ0) is 19.8. The van der Waals surface area contributed by atoms with Gasteiger partial charge in [0.2, 0.25) is 0 Å². The summed E-state index contributed by atoms with van der Waals surface area (Å²) in [6.45, 7) is 6.43. The fraction of sp³-hybridized carbons (Fsp3) is 0.238. The first-order valence-corrected chi connectivity index (χ1v) is 9.83. The van der Waals surface area contributed by atoms with Gasteiger partial charge in [-0.15, -0.1) is 0 Å². The van der Waals surface area contributed by atoms with Crippen LogP contribution in [0.5, 0.6) is 0 Å². The molecule has 1 amide bonds. The Morgan fingerprint density at radius 3 is 2.68 bits per heavy atom. The number of anilines is 1. The monoisotopic (exact) mass is 391 g/mol. The van der Waals surface area contributed by atoms with Crippen LogP contribution in [0.3, 0.4) is 0 Å². The molecular formula is C21H21N5OS. The van der Waals surface area contributed by atoms with Crippen molar-refractivity contribution in [3.63, 3.8) is 0 Å². The van der Waals surface area contributed by atoms with E-state index in [4.69, 9.17) is 4.98 Å². The van der Waals surface area contributed by atoms with Crippen LogP contribution in [0, 0.1) is 20.8 Å². The van der Waals surface area contributed by atoms with Gasteiger partial charge in [-0.1, -0.05) is 23.5 Å². The number of aromatic nitrogens is 4. The Balaban J connectivity index is 1.82. The van der Waals surface area contributed by atoms with Gasteiger partial charge < -0.3 is 0 Å². The van der Waals surface area contributed by atoms with Gasteiger partial charge in [-0.3, -0.25) is 19.4 Å². The van der Waals surface area contributed by atoms with Crippen LogP contribution < -0.4 is 4.90 Å². The van der Waals surface area contributed by atoms with Gasteiger partial charge in [0.15, 0.2) is 10.8 Å². The van der Waals surface area contributed by atoms with Gasteiger partial charge in [0, 0.05) is 31.2 Å². The summed E-state index contributed by atoms with van der Waals surface area (Å²) < 4.78 is 2.73. The Labute approximate surface area is 167 Å². The molecule has 3 aromatic heterocycles. The van der Waals surface area contributed by atoms with Crippen LogP contribution in [0.25, 0.3) is 10.2 Å². The van der Waals surface area contributed by atoms with Crippen LogP contribution in [0.4, 0.5) is 5.13 Å². The van der Waals surface area contributed by atoms with E-state index in [1.54, 1.807) is 22.0 Å². The van der Waals surface area contributed by atoms with E-state index < -0.39 is 0 Å². The number of rotatable bonds is 4. The molecule has 0 aliphatic rings. The number of carbonyl (C=O) groups excluding carboxylic acids is 1. The number of hydrogen-bond acceptors (Lipinski definition) is 5. The minimum Gasteiger partial charge on any atom is -0.278 e. The molecule has 4 aromatic rings. The maximum atomic E-state index is 13.4. The van der Waals surface area contributed by atoms with E-state index in [-0.39, 0.29) is 5.91 Å². The number of pyridine rings is 1. The molecule has 142 valence electrons. The third-order valence-corrected chi connectivity index (χ3v) is 5.87. The van der Waals surface area contributed by atoms with Crippen molar-refractivity contribution in [1.29, 1.82) is 0 Å². The molecule has 0 bridgehead atoms. The van der Waals surface area contributed by atoms with Gasteiger partial charge in [0.05, 0.1) is 16.8 Å². The summed E-state index contributed by atoms with van der Waals surface area (Å²) in [4.78, 5) is 24.1. The molecule has 7 heteroatoms. The lowest BCUT2D eigenvalue weighted by molar-refractivity contribution is 0.0979. The predicted molar refractivity (Wildman–Crippen MR) is 112 cm³/mol. The molecule has 0 saturated heterocycles. The first kappa shape index (κ1) is 18.3. The number of benzene rings is 1. The van der Waals surface area contributed by atoms with Crippen molar-refractivity contribution in [2.24, 2.45) is 7.05 Å². The van der Waals surface area contributed by atoms with E-state index in [0.29, 0.717) is 17.4 Å². The molecule has 0 spiro atoms. The zero-order valence-electron chi connectivity index (χ0n) is 16.3. The summed E-state index contributed by atoms with van der Waals surface area (Å²) in [6, 6.07) is 7.99. The highest BCUT2D eigenvalue weighted by molar-refractivity contribution is 7.22. The van der Waals surface area contributed by atoms with E-state index in [1.807, 2.05) is 32.3 Å². The van der Waals surface area contributed by atoms with Crippen LogP contribution in [0.15, 0.2) is 42.9 Å². The summed E-state index contributed by atoms with van der Waals surface area (Å²) in [7, 11) is 1.82. The van der Waals surface area contributed by atoms with Gasteiger partial charge in [-0.25, -0.2) is 4.98 Å². The normalized spacial score (nSPS) is 11.1. The smallest absolute Gasteiger partial charge is 0.278 e. The summed E-state index contributed by atoms with van der Waals surface area (Å²) >= 11 is 1.52. The van der Waals surface area contributed by atoms with E-state index in [2.05, 4.69) is 36.1 Å². The number of thiazole rings is 1. The van der Waals surface area contributed by atoms with E-state index in [1.165, 1.54) is 16.9 Å². The molecule has 28 heavy (non-hydrogen) atoms. The first-order chi connectivity index (χ1) is 13.4. The van der Waals surface area contributed by atoms with Crippen LogP contribution >= 0.6 is 11.3 Å². The second-order valence-electron chi connectivity index (χ2n) is 6.94. The highest BCUT2D eigenvalue weighted by atomic mass is 32.1. The van der Waals surface area contributed by atoms with Crippen molar-refractivity contribution in [2.75, 3.05) is 4.90 Å². The van der Waals surface area contributed by atoms with E-state index in [0.717, 1.165) is 26.9 Å². The third kappa shape index (κ3) is 3.29. The van der Waals surface area contributed by atoms with Gasteiger partial charge >= 0.3 is 0 Å². The molecule has 0 aliphatic heterocycles. The molecule has 4 rings (SSSR count). The molecule has 0 radical (unpaired) electrons. The summed E-state index contributed by atoms with van der Waals surface area (Å²) in [6.07, 6.45) is 5.35. The Morgan fingerprint density at radius 1 is 1.18 bits per heavy atom. The van der Waals surface area contributed by atoms with Crippen molar-refractivity contribution < 1.29 is 4.79 Å². The number of nitrogens with zero attached hydrogens (tertiary/aromatic N) is 5. The lowest BCUT2D eigenvalue weighted by Crippen LogP contribution is -2.31. The van der Waals surface area contributed by atoms with Gasteiger partial charge in [0.25, 0.3) is 5.91 Å². The predicted octanol–water partition coefficient (Wildman–Crippen LogP) is 4.20. The van der Waals surface area contributed by atoms with Gasteiger partial charge in [-0.05, 0) is 49.6 Å². The molecule has 0 N–H and O–H groups in total. The molecule has 0 unspecified atom stereocenters. The lowest BCUT2D eigenvalue weighted by atomic mass is 10.1. The second-order valence-corrected chi connectivity index (χ2v) is 7.95. The van der Waals surface area contributed by atoms with E-state index >= 15 is 0 Å². The molecular weight excluding hydrogens is 370 g/mol. The van der Waals surface area contributed by atoms with Crippen LogP contribution in [-0.2, 0) is 13.6 Å². The van der Waals surface area contributed by atoms with Crippen LogP contribution in [0.2, 0.25) is 0 Å². The summed E-state index contributed by atoms with van der Waals surface area (Å²) in [5, 5.41) is 5.04. The van der Waals surface area contributed by atoms with E-state index in [9.17, 15) is 4.79 Å². The Kier molecular flexibility index (Phi) is 4.68. The molecule has 0 aliphatic carbocycles. The minimum absolute atomic E-state index is 0.157. The number of hydrogen-bond donors (Lipinski definition) is 0. The largest absolute Gasteiger partial charge is 0.281 e. The SMILES string of the molecule is Cc1cn(C)nc1C(=O)N(Cc1cccnc1)c1nc2c(C)c(C)ccc2s1. The quantitative estimate of drug-likeness (QED) is 0.523. The summed E-state index contributed by atoms with van der Waals surface area (Å²) in [5.41, 5.74) is 5.51. The molecule has 1 aromatic carbocycles. The standard InChI is InChI=1S/C21H21N5OS/c1-13-7-8-17-19(15(13)3)23-21(28-17)26(12-16-6-5-9-22-10-16)20(27)18-14(2)11-25(4)24-18/h5-11H,12H2,1-4H3. The third-order valence-electron chi connectivity index (χ3n) is 4.83.